The van der Waals surface area contributed by atoms with Gasteiger partial charge in [-0.05, 0) is 48.2 Å². The molecule has 0 saturated carbocycles. The third kappa shape index (κ3) is 4.68. The number of piperidine rings is 1. The number of nitrogens with two attached hydrogens (primary N) is 2. The van der Waals surface area contributed by atoms with Crippen LogP contribution in [0.15, 0.2) is 48.5 Å². The molecule has 7 nitrogen and oxygen atoms in total. The summed E-state index contributed by atoms with van der Waals surface area (Å²) in [7, 11) is 0. The average Bonchev–Trinajstić information content (AvgIpc) is 2.72. The van der Waals surface area contributed by atoms with E-state index < -0.39 is 5.91 Å². The van der Waals surface area contributed by atoms with Gasteiger partial charge < -0.3 is 21.1 Å². The Morgan fingerprint density at radius 2 is 1.79 bits per heavy atom. The van der Waals surface area contributed by atoms with Gasteiger partial charge in [0.25, 0.3) is 11.8 Å². The molecule has 0 bridgehead atoms. The van der Waals surface area contributed by atoms with Crippen LogP contribution in [-0.2, 0) is 9.59 Å². The number of ether oxygens (including phenoxy) is 1. The summed E-state index contributed by atoms with van der Waals surface area (Å²) in [5, 5.41) is 0. The zero-order valence-corrected chi connectivity index (χ0v) is 15.5. The Balaban J connectivity index is 1.71. The fourth-order valence-electron chi connectivity index (χ4n) is 3.30. The largest absolute Gasteiger partial charge is 0.484 e. The lowest BCUT2D eigenvalue weighted by atomic mass is 9.96. The van der Waals surface area contributed by atoms with Crippen molar-refractivity contribution in [3.05, 3.63) is 54.1 Å². The maximum absolute atomic E-state index is 12.7. The van der Waals surface area contributed by atoms with E-state index in [9.17, 15) is 14.4 Å². The molecule has 0 unspecified atom stereocenters. The predicted molar refractivity (Wildman–Crippen MR) is 104 cm³/mol. The van der Waals surface area contributed by atoms with Crippen LogP contribution in [0.25, 0.3) is 11.1 Å². The Morgan fingerprint density at radius 1 is 1.04 bits per heavy atom. The Bertz CT molecular complexity index is 879. The van der Waals surface area contributed by atoms with Gasteiger partial charge >= 0.3 is 0 Å². The molecule has 146 valence electrons. The maximum atomic E-state index is 12.7. The van der Waals surface area contributed by atoms with Gasteiger partial charge in [-0.1, -0.05) is 24.3 Å². The fourth-order valence-corrected chi connectivity index (χ4v) is 3.30. The molecule has 4 N–H and O–H groups in total. The molecule has 0 spiro atoms. The van der Waals surface area contributed by atoms with Gasteiger partial charge in [0.2, 0.25) is 5.91 Å². The minimum absolute atomic E-state index is 0.101. The van der Waals surface area contributed by atoms with Crippen LogP contribution < -0.4 is 16.2 Å². The minimum atomic E-state index is -0.537. The van der Waals surface area contributed by atoms with Gasteiger partial charge in [-0.3, -0.25) is 14.4 Å². The quantitative estimate of drug-likeness (QED) is 0.790. The third-order valence-electron chi connectivity index (χ3n) is 4.79. The summed E-state index contributed by atoms with van der Waals surface area (Å²) in [5.74, 6) is -0.728. The lowest BCUT2D eigenvalue weighted by molar-refractivity contribution is -0.123. The minimum Gasteiger partial charge on any atom is -0.484 e. The first kappa shape index (κ1) is 19.4. The van der Waals surface area contributed by atoms with Crippen molar-refractivity contribution >= 4 is 17.7 Å². The molecule has 28 heavy (non-hydrogen) atoms. The van der Waals surface area contributed by atoms with E-state index >= 15 is 0 Å². The lowest BCUT2D eigenvalue weighted by Gasteiger charge is -2.31. The first-order chi connectivity index (χ1) is 13.4. The Hall–Kier alpha value is -3.35. The average molecular weight is 381 g/mol. The van der Waals surface area contributed by atoms with Crippen molar-refractivity contribution < 1.29 is 19.1 Å². The van der Waals surface area contributed by atoms with E-state index in [1.807, 2.05) is 30.3 Å². The molecule has 1 fully saturated rings. The molecule has 1 aliphatic heterocycles. The van der Waals surface area contributed by atoms with Crippen LogP contribution in [0.5, 0.6) is 5.75 Å². The molecular weight excluding hydrogens is 358 g/mol. The summed E-state index contributed by atoms with van der Waals surface area (Å²) in [6, 6.07) is 14.5. The van der Waals surface area contributed by atoms with Crippen molar-refractivity contribution in [3.8, 4) is 16.9 Å². The predicted octanol–water partition coefficient (Wildman–Crippen LogP) is 1.56. The van der Waals surface area contributed by atoms with E-state index in [1.165, 1.54) is 0 Å². The normalized spacial score (nSPS) is 16.4. The molecule has 7 heteroatoms. The van der Waals surface area contributed by atoms with E-state index in [0.717, 1.165) is 24.0 Å². The molecule has 2 aromatic carbocycles. The van der Waals surface area contributed by atoms with Gasteiger partial charge in [-0.15, -0.1) is 0 Å². The molecule has 2 aromatic rings. The SMILES string of the molecule is NC(=O)COc1cccc(-c2ccc(C(=O)N3CCC[C@@H](C(N)=O)C3)cc2)c1. The molecule has 1 saturated heterocycles. The van der Waals surface area contributed by atoms with E-state index in [1.54, 1.807) is 23.1 Å². The molecule has 3 amide bonds. The van der Waals surface area contributed by atoms with Crippen molar-refractivity contribution in [3.63, 3.8) is 0 Å². The summed E-state index contributed by atoms with van der Waals surface area (Å²) in [5.41, 5.74) is 12.9. The fraction of sp³-hybridized carbons (Fsp3) is 0.286. The second-order valence-corrected chi connectivity index (χ2v) is 6.85. The summed E-state index contributed by atoms with van der Waals surface area (Å²) >= 11 is 0. The molecule has 3 rings (SSSR count). The van der Waals surface area contributed by atoms with E-state index in [-0.39, 0.29) is 24.3 Å². The van der Waals surface area contributed by atoms with Crippen molar-refractivity contribution in [2.45, 2.75) is 12.8 Å². The van der Waals surface area contributed by atoms with Crippen molar-refractivity contribution in [1.29, 1.82) is 0 Å². The monoisotopic (exact) mass is 381 g/mol. The summed E-state index contributed by atoms with van der Waals surface area (Å²) in [4.78, 5) is 36.7. The first-order valence-corrected chi connectivity index (χ1v) is 9.14. The number of amides is 3. The molecule has 1 aliphatic rings. The highest BCUT2D eigenvalue weighted by Gasteiger charge is 2.27. The van der Waals surface area contributed by atoms with E-state index in [2.05, 4.69) is 0 Å². The van der Waals surface area contributed by atoms with Gasteiger partial charge in [0.15, 0.2) is 6.61 Å². The number of rotatable bonds is 6. The number of likely N-dealkylation sites (tertiary alicyclic amines) is 1. The van der Waals surface area contributed by atoms with Crippen LogP contribution >= 0.6 is 0 Å². The zero-order chi connectivity index (χ0) is 20.1. The topological polar surface area (TPSA) is 116 Å². The second kappa shape index (κ2) is 8.56. The summed E-state index contributed by atoms with van der Waals surface area (Å²) < 4.78 is 5.33. The first-order valence-electron chi connectivity index (χ1n) is 9.14. The van der Waals surface area contributed by atoms with Gasteiger partial charge in [0, 0.05) is 18.7 Å². The smallest absolute Gasteiger partial charge is 0.255 e. The van der Waals surface area contributed by atoms with Gasteiger partial charge in [-0.25, -0.2) is 0 Å². The molecule has 0 aliphatic carbocycles. The number of hydrogen-bond acceptors (Lipinski definition) is 4. The van der Waals surface area contributed by atoms with Gasteiger partial charge in [0.1, 0.15) is 5.75 Å². The number of primary amides is 2. The number of nitrogens with zero attached hydrogens (tertiary/aromatic N) is 1. The maximum Gasteiger partial charge on any atom is 0.255 e. The van der Waals surface area contributed by atoms with Crippen LogP contribution in [0.2, 0.25) is 0 Å². The Morgan fingerprint density at radius 3 is 2.46 bits per heavy atom. The molecule has 0 radical (unpaired) electrons. The molecule has 1 atom stereocenters. The number of carbonyl (C=O) groups excluding carboxylic acids is 3. The van der Waals surface area contributed by atoms with Gasteiger partial charge in [-0.2, -0.15) is 0 Å². The highest BCUT2D eigenvalue weighted by atomic mass is 16.5. The number of hydrogen-bond donors (Lipinski definition) is 2. The highest BCUT2D eigenvalue weighted by molar-refractivity contribution is 5.95. The highest BCUT2D eigenvalue weighted by Crippen LogP contribution is 2.25. The Kier molecular flexibility index (Phi) is 5.93. The number of carbonyl (C=O) groups is 3. The molecular formula is C21H23N3O4. The van der Waals surface area contributed by atoms with Crippen LogP contribution in [0.3, 0.4) is 0 Å². The van der Waals surface area contributed by atoms with Gasteiger partial charge in [0.05, 0.1) is 5.92 Å². The van der Waals surface area contributed by atoms with Crippen LogP contribution in [0.1, 0.15) is 23.2 Å². The standard InChI is InChI=1S/C21H23N3O4/c22-19(25)13-28-18-5-1-3-16(11-18)14-6-8-15(9-7-14)21(27)24-10-2-4-17(12-24)20(23)26/h1,3,5-9,11,17H,2,4,10,12-13H2,(H2,22,25)(H2,23,26)/t17-/m1/s1. The van der Waals surface area contributed by atoms with E-state index in [4.69, 9.17) is 16.2 Å². The van der Waals surface area contributed by atoms with Crippen molar-refractivity contribution in [1.82, 2.24) is 4.90 Å². The molecule has 1 heterocycles. The zero-order valence-electron chi connectivity index (χ0n) is 15.5. The molecule has 0 aromatic heterocycles. The second-order valence-electron chi connectivity index (χ2n) is 6.85. The van der Waals surface area contributed by atoms with Crippen molar-refractivity contribution in [2.24, 2.45) is 17.4 Å². The van der Waals surface area contributed by atoms with Crippen molar-refractivity contribution in [2.75, 3.05) is 19.7 Å². The summed E-state index contributed by atoms with van der Waals surface area (Å²) in [6.45, 7) is 0.817. The van der Waals surface area contributed by atoms with Crippen LogP contribution in [-0.4, -0.2) is 42.3 Å². The van der Waals surface area contributed by atoms with Crippen LogP contribution in [0, 0.1) is 5.92 Å². The van der Waals surface area contributed by atoms with Crippen LogP contribution in [0.4, 0.5) is 0 Å². The number of benzene rings is 2. The third-order valence-corrected chi connectivity index (χ3v) is 4.79. The summed E-state index contributed by atoms with van der Waals surface area (Å²) in [6.07, 6.45) is 1.50. The lowest BCUT2D eigenvalue weighted by Crippen LogP contribution is -2.44. The Labute approximate surface area is 163 Å². The van der Waals surface area contributed by atoms with E-state index in [0.29, 0.717) is 24.4 Å².